The third-order valence-corrected chi connectivity index (χ3v) is 3.80. The first-order valence-electron chi connectivity index (χ1n) is 7.36. The summed E-state index contributed by atoms with van der Waals surface area (Å²) in [6.45, 7) is 4.88. The monoisotopic (exact) mass is 263 g/mol. The van der Waals surface area contributed by atoms with Gasteiger partial charge in [-0.05, 0) is 37.9 Å². The summed E-state index contributed by atoms with van der Waals surface area (Å²) in [6.07, 6.45) is 6.64. The Balaban J connectivity index is 2.02. The van der Waals surface area contributed by atoms with Crippen molar-refractivity contribution >= 4 is 5.91 Å². The molecule has 2 heterocycles. The van der Waals surface area contributed by atoms with Crippen LogP contribution in [0.4, 0.5) is 0 Å². The molecule has 0 radical (unpaired) electrons. The van der Waals surface area contributed by atoms with Gasteiger partial charge in [-0.3, -0.25) is 4.79 Å². The molecule has 19 heavy (non-hydrogen) atoms. The number of aromatic nitrogens is 1. The van der Waals surface area contributed by atoms with Crippen molar-refractivity contribution in [2.75, 3.05) is 19.6 Å². The standard InChI is InChI=1S/C15H25N3O/c1-3-10-18(12-13-7-4-5-9-16-13)15(19)14-8-6-11-17(14)2/h6,8,11,13,16H,3-5,7,9-10,12H2,1-2H3. The summed E-state index contributed by atoms with van der Waals surface area (Å²) in [4.78, 5) is 14.6. The van der Waals surface area contributed by atoms with Gasteiger partial charge in [0.05, 0.1) is 0 Å². The van der Waals surface area contributed by atoms with Gasteiger partial charge in [0.2, 0.25) is 0 Å². The lowest BCUT2D eigenvalue weighted by molar-refractivity contribution is 0.0722. The van der Waals surface area contributed by atoms with Crippen LogP contribution < -0.4 is 5.32 Å². The molecule has 4 heteroatoms. The number of hydrogen-bond donors (Lipinski definition) is 1. The lowest BCUT2D eigenvalue weighted by Crippen LogP contribution is -2.46. The van der Waals surface area contributed by atoms with Gasteiger partial charge in [-0.1, -0.05) is 13.3 Å². The van der Waals surface area contributed by atoms with Crippen LogP contribution in [0.5, 0.6) is 0 Å². The number of carbonyl (C=O) groups is 1. The molecule has 0 saturated carbocycles. The van der Waals surface area contributed by atoms with Crippen molar-refractivity contribution in [3.63, 3.8) is 0 Å². The molecule has 0 aromatic carbocycles. The predicted octanol–water partition coefficient (Wildman–Crippen LogP) is 2.02. The highest BCUT2D eigenvalue weighted by Gasteiger charge is 2.22. The average Bonchev–Trinajstić information content (AvgIpc) is 2.85. The molecule has 106 valence electrons. The third kappa shape index (κ3) is 3.60. The molecule has 4 nitrogen and oxygen atoms in total. The second-order valence-corrected chi connectivity index (χ2v) is 5.40. The molecule has 1 aromatic rings. The fourth-order valence-electron chi connectivity index (χ4n) is 2.74. The van der Waals surface area contributed by atoms with Gasteiger partial charge in [-0.15, -0.1) is 0 Å². The Bertz CT molecular complexity index is 407. The van der Waals surface area contributed by atoms with E-state index in [0.29, 0.717) is 6.04 Å². The highest BCUT2D eigenvalue weighted by Crippen LogP contribution is 2.12. The van der Waals surface area contributed by atoms with E-state index in [2.05, 4.69) is 12.2 Å². The molecule has 0 bridgehead atoms. The van der Waals surface area contributed by atoms with Crippen LogP contribution in [-0.4, -0.2) is 41.1 Å². The van der Waals surface area contributed by atoms with Crippen molar-refractivity contribution in [3.05, 3.63) is 24.0 Å². The van der Waals surface area contributed by atoms with E-state index < -0.39 is 0 Å². The normalized spacial score (nSPS) is 19.4. The summed E-state index contributed by atoms with van der Waals surface area (Å²) in [6, 6.07) is 4.29. The molecule has 1 aromatic heterocycles. The second kappa shape index (κ2) is 6.75. The Morgan fingerprint density at radius 3 is 2.95 bits per heavy atom. The number of amides is 1. The second-order valence-electron chi connectivity index (χ2n) is 5.40. The predicted molar refractivity (Wildman–Crippen MR) is 77.2 cm³/mol. The quantitative estimate of drug-likeness (QED) is 0.882. The van der Waals surface area contributed by atoms with Crippen molar-refractivity contribution in [2.45, 2.75) is 38.6 Å². The van der Waals surface area contributed by atoms with E-state index in [-0.39, 0.29) is 5.91 Å². The zero-order chi connectivity index (χ0) is 13.7. The van der Waals surface area contributed by atoms with E-state index in [1.807, 2.05) is 34.8 Å². The van der Waals surface area contributed by atoms with Gasteiger partial charge in [0.15, 0.2) is 0 Å². The van der Waals surface area contributed by atoms with E-state index in [1.54, 1.807) is 0 Å². The largest absolute Gasteiger partial charge is 0.347 e. The van der Waals surface area contributed by atoms with E-state index >= 15 is 0 Å². The Morgan fingerprint density at radius 2 is 2.37 bits per heavy atom. The van der Waals surface area contributed by atoms with Crippen molar-refractivity contribution in [1.82, 2.24) is 14.8 Å². The average molecular weight is 263 g/mol. The summed E-state index contributed by atoms with van der Waals surface area (Å²) in [5, 5.41) is 3.52. The first-order chi connectivity index (χ1) is 9.22. The number of piperidine rings is 1. The van der Waals surface area contributed by atoms with E-state index in [0.717, 1.165) is 31.7 Å². The number of nitrogens with one attached hydrogen (secondary N) is 1. The number of aryl methyl sites for hydroxylation is 1. The zero-order valence-corrected chi connectivity index (χ0v) is 12.1. The highest BCUT2D eigenvalue weighted by atomic mass is 16.2. The van der Waals surface area contributed by atoms with E-state index in [9.17, 15) is 4.79 Å². The minimum absolute atomic E-state index is 0.154. The maximum atomic E-state index is 12.6. The zero-order valence-electron chi connectivity index (χ0n) is 12.1. The fraction of sp³-hybridized carbons (Fsp3) is 0.667. The molecule has 1 amide bonds. The number of nitrogens with zero attached hydrogens (tertiary/aromatic N) is 2. The van der Waals surface area contributed by atoms with Crippen LogP contribution >= 0.6 is 0 Å². The van der Waals surface area contributed by atoms with Gasteiger partial charge in [0, 0.05) is 32.4 Å². The van der Waals surface area contributed by atoms with Crippen molar-refractivity contribution in [1.29, 1.82) is 0 Å². The molecule has 1 aliphatic rings. The Morgan fingerprint density at radius 1 is 1.53 bits per heavy atom. The molecule has 1 unspecified atom stereocenters. The number of hydrogen-bond acceptors (Lipinski definition) is 2. The SMILES string of the molecule is CCCN(CC1CCCCN1)C(=O)c1cccn1C. The smallest absolute Gasteiger partial charge is 0.270 e. The van der Waals surface area contributed by atoms with Crippen LogP contribution in [0.2, 0.25) is 0 Å². The Labute approximate surface area is 115 Å². The lowest BCUT2D eigenvalue weighted by Gasteiger charge is -2.30. The van der Waals surface area contributed by atoms with Crippen LogP contribution in [0.15, 0.2) is 18.3 Å². The van der Waals surface area contributed by atoms with Gasteiger partial charge in [0.25, 0.3) is 5.91 Å². The van der Waals surface area contributed by atoms with Crippen LogP contribution in [0.1, 0.15) is 43.1 Å². The van der Waals surface area contributed by atoms with Gasteiger partial charge < -0.3 is 14.8 Å². The highest BCUT2D eigenvalue weighted by molar-refractivity contribution is 5.92. The molecule has 1 saturated heterocycles. The topological polar surface area (TPSA) is 37.3 Å². The summed E-state index contributed by atoms with van der Waals surface area (Å²) in [5.41, 5.74) is 0.782. The molecular weight excluding hydrogens is 238 g/mol. The molecule has 2 rings (SSSR count). The van der Waals surface area contributed by atoms with Crippen LogP contribution in [-0.2, 0) is 7.05 Å². The summed E-state index contributed by atoms with van der Waals surface area (Å²) >= 11 is 0. The van der Waals surface area contributed by atoms with E-state index in [1.165, 1.54) is 19.3 Å². The molecule has 0 spiro atoms. The van der Waals surface area contributed by atoms with Crippen LogP contribution in [0, 0.1) is 0 Å². The van der Waals surface area contributed by atoms with Gasteiger partial charge >= 0.3 is 0 Å². The van der Waals surface area contributed by atoms with Crippen LogP contribution in [0.3, 0.4) is 0 Å². The molecule has 1 N–H and O–H groups in total. The molecule has 1 fully saturated rings. The number of carbonyl (C=O) groups excluding carboxylic acids is 1. The maximum absolute atomic E-state index is 12.6. The van der Waals surface area contributed by atoms with Crippen molar-refractivity contribution < 1.29 is 4.79 Å². The van der Waals surface area contributed by atoms with Crippen molar-refractivity contribution in [3.8, 4) is 0 Å². The summed E-state index contributed by atoms with van der Waals surface area (Å²) < 4.78 is 1.90. The summed E-state index contributed by atoms with van der Waals surface area (Å²) in [7, 11) is 1.93. The molecule has 1 aliphatic heterocycles. The number of rotatable bonds is 5. The fourth-order valence-corrected chi connectivity index (χ4v) is 2.74. The minimum Gasteiger partial charge on any atom is -0.347 e. The Hall–Kier alpha value is -1.29. The molecule has 0 aliphatic carbocycles. The first-order valence-corrected chi connectivity index (χ1v) is 7.36. The maximum Gasteiger partial charge on any atom is 0.270 e. The lowest BCUT2D eigenvalue weighted by atomic mass is 10.0. The van der Waals surface area contributed by atoms with E-state index in [4.69, 9.17) is 0 Å². The minimum atomic E-state index is 0.154. The van der Waals surface area contributed by atoms with Gasteiger partial charge in [0.1, 0.15) is 5.69 Å². The summed E-state index contributed by atoms with van der Waals surface area (Å²) in [5.74, 6) is 0.154. The van der Waals surface area contributed by atoms with Crippen LogP contribution in [0.25, 0.3) is 0 Å². The van der Waals surface area contributed by atoms with Gasteiger partial charge in [-0.2, -0.15) is 0 Å². The first kappa shape index (κ1) is 14.1. The molecular formula is C15H25N3O. The van der Waals surface area contributed by atoms with Gasteiger partial charge in [-0.25, -0.2) is 0 Å². The Kier molecular flexibility index (Phi) is 5.02. The third-order valence-electron chi connectivity index (χ3n) is 3.80. The van der Waals surface area contributed by atoms with Crippen molar-refractivity contribution in [2.24, 2.45) is 7.05 Å². The molecule has 1 atom stereocenters.